The first-order chi connectivity index (χ1) is 13.7. The third kappa shape index (κ3) is 3.68. The van der Waals surface area contributed by atoms with Gasteiger partial charge in [0.15, 0.2) is 5.65 Å². The summed E-state index contributed by atoms with van der Waals surface area (Å²) in [5, 5.41) is 11.7. The molecule has 2 aromatic heterocycles. The first-order valence-electron chi connectivity index (χ1n) is 9.45. The van der Waals surface area contributed by atoms with Crippen LogP contribution >= 0.6 is 0 Å². The molecule has 8 heteroatoms. The molecule has 4 rings (SSSR count). The van der Waals surface area contributed by atoms with E-state index in [1.54, 1.807) is 25.4 Å². The fraction of sp³-hybridized carbons (Fsp3) is 0.400. The molecule has 0 bridgehead atoms. The highest BCUT2D eigenvalue weighted by Gasteiger charge is 2.29. The van der Waals surface area contributed by atoms with Crippen molar-refractivity contribution >= 4 is 11.6 Å². The lowest BCUT2D eigenvalue weighted by Gasteiger charge is -2.37. The molecule has 0 spiro atoms. The molecule has 3 heterocycles. The van der Waals surface area contributed by atoms with Crippen molar-refractivity contribution in [1.29, 1.82) is 0 Å². The predicted molar refractivity (Wildman–Crippen MR) is 104 cm³/mol. The van der Waals surface area contributed by atoms with Gasteiger partial charge in [0.05, 0.1) is 12.7 Å². The van der Waals surface area contributed by atoms with E-state index in [0.29, 0.717) is 17.8 Å². The number of nitrogens with zero attached hydrogens (tertiary/aromatic N) is 6. The van der Waals surface area contributed by atoms with Crippen LogP contribution in [0.3, 0.4) is 0 Å². The SMILES string of the molecule is COc1ccc(CN(C(=O)c2cccn3nnnc23)C2CCN(C)CC2)cc1. The second-order valence-corrected chi connectivity index (χ2v) is 7.18. The van der Waals surface area contributed by atoms with E-state index in [0.717, 1.165) is 37.2 Å². The summed E-state index contributed by atoms with van der Waals surface area (Å²) in [7, 11) is 3.77. The van der Waals surface area contributed by atoms with Crippen LogP contribution in [0.4, 0.5) is 0 Å². The van der Waals surface area contributed by atoms with Crippen LogP contribution in [0.15, 0.2) is 42.6 Å². The summed E-state index contributed by atoms with van der Waals surface area (Å²) >= 11 is 0. The average molecular weight is 380 g/mol. The van der Waals surface area contributed by atoms with E-state index in [1.807, 2.05) is 29.2 Å². The number of tetrazole rings is 1. The standard InChI is InChI=1S/C20H24N6O2/c1-24-12-9-16(10-13-24)25(14-15-5-7-17(28-2)8-6-15)20(27)18-4-3-11-26-19(18)21-22-23-26/h3-8,11,16H,9-10,12-14H2,1-2H3. The third-order valence-electron chi connectivity index (χ3n) is 5.36. The number of methoxy groups -OCH3 is 1. The third-order valence-corrected chi connectivity index (χ3v) is 5.36. The maximum atomic E-state index is 13.5. The zero-order chi connectivity index (χ0) is 19.5. The van der Waals surface area contributed by atoms with E-state index >= 15 is 0 Å². The summed E-state index contributed by atoms with van der Waals surface area (Å²) in [5.41, 5.74) is 2.08. The molecule has 1 fully saturated rings. The van der Waals surface area contributed by atoms with E-state index < -0.39 is 0 Å². The predicted octanol–water partition coefficient (Wildman–Crippen LogP) is 1.87. The topological polar surface area (TPSA) is 75.9 Å². The molecule has 1 amide bonds. The van der Waals surface area contributed by atoms with Gasteiger partial charge >= 0.3 is 0 Å². The molecule has 8 nitrogen and oxygen atoms in total. The Kier molecular flexibility index (Phi) is 5.21. The van der Waals surface area contributed by atoms with Gasteiger partial charge in [-0.05, 0) is 73.2 Å². The van der Waals surface area contributed by atoms with Crippen molar-refractivity contribution in [3.8, 4) is 5.75 Å². The maximum Gasteiger partial charge on any atom is 0.258 e. The van der Waals surface area contributed by atoms with Crippen molar-refractivity contribution in [3.63, 3.8) is 0 Å². The van der Waals surface area contributed by atoms with Crippen LogP contribution in [0, 0.1) is 0 Å². The van der Waals surface area contributed by atoms with Gasteiger partial charge in [-0.2, -0.15) is 4.52 Å². The van der Waals surface area contributed by atoms with Gasteiger partial charge in [-0.25, -0.2) is 0 Å². The van der Waals surface area contributed by atoms with Crippen molar-refractivity contribution in [2.75, 3.05) is 27.2 Å². The van der Waals surface area contributed by atoms with Crippen LogP contribution in [0.5, 0.6) is 5.75 Å². The Labute approximate surface area is 163 Å². The molecule has 0 aliphatic carbocycles. The minimum absolute atomic E-state index is 0.0363. The molecule has 0 radical (unpaired) electrons. The Morgan fingerprint density at radius 1 is 1.21 bits per heavy atom. The fourth-order valence-corrected chi connectivity index (χ4v) is 3.69. The molecule has 28 heavy (non-hydrogen) atoms. The number of likely N-dealkylation sites (tertiary alicyclic amines) is 1. The van der Waals surface area contributed by atoms with Crippen molar-refractivity contribution < 1.29 is 9.53 Å². The minimum Gasteiger partial charge on any atom is -0.497 e. The number of carbonyl (C=O) groups is 1. The highest BCUT2D eigenvalue weighted by Crippen LogP contribution is 2.23. The smallest absolute Gasteiger partial charge is 0.258 e. The van der Waals surface area contributed by atoms with Crippen molar-refractivity contribution in [2.45, 2.75) is 25.4 Å². The van der Waals surface area contributed by atoms with Gasteiger partial charge < -0.3 is 14.5 Å². The monoisotopic (exact) mass is 380 g/mol. The molecule has 1 saturated heterocycles. The van der Waals surface area contributed by atoms with Gasteiger partial charge in [0, 0.05) is 18.8 Å². The number of piperidine rings is 1. The average Bonchev–Trinajstić information content (AvgIpc) is 3.22. The number of hydrogen-bond donors (Lipinski definition) is 0. The summed E-state index contributed by atoms with van der Waals surface area (Å²) in [5.74, 6) is 0.769. The van der Waals surface area contributed by atoms with Gasteiger partial charge in [0.1, 0.15) is 5.75 Å². The van der Waals surface area contributed by atoms with E-state index in [2.05, 4.69) is 27.5 Å². The molecule has 0 atom stereocenters. The summed E-state index contributed by atoms with van der Waals surface area (Å²) in [6.45, 7) is 2.50. The van der Waals surface area contributed by atoms with Crippen LogP contribution in [-0.2, 0) is 6.54 Å². The van der Waals surface area contributed by atoms with E-state index in [1.165, 1.54) is 4.52 Å². The normalized spacial score (nSPS) is 15.6. The zero-order valence-corrected chi connectivity index (χ0v) is 16.2. The number of ether oxygens (including phenoxy) is 1. The molecule has 3 aromatic rings. The van der Waals surface area contributed by atoms with Crippen LogP contribution in [-0.4, -0.2) is 69.0 Å². The van der Waals surface area contributed by atoms with Crippen molar-refractivity contribution in [2.24, 2.45) is 0 Å². The largest absolute Gasteiger partial charge is 0.497 e. The summed E-state index contributed by atoms with van der Waals surface area (Å²) in [6, 6.07) is 11.6. The molecule has 1 aromatic carbocycles. The summed E-state index contributed by atoms with van der Waals surface area (Å²) in [6.07, 6.45) is 3.65. The molecule has 0 N–H and O–H groups in total. The Bertz CT molecular complexity index is 947. The molecule has 146 valence electrons. The van der Waals surface area contributed by atoms with E-state index in [9.17, 15) is 4.79 Å². The van der Waals surface area contributed by atoms with Crippen LogP contribution in [0.2, 0.25) is 0 Å². The lowest BCUT2D eigenvalue weighted by Crippen LogP contribution is -2.46. The molecule has 1 aliphatic heterocycles. The second kappa shape index (κ2) is 7.93. The van der Waals surface area contributed by atoms with Gasteiger partial charge in [-0.1, -0.05) is 12.1 Å². The van der Waals surface area contributed by atoms with Crippen LogP contribution in [0.25, 0.3) is 5.65 Å². The fourth-order valence-electron chi connectivity index (χ4n) is 3.69. The zero-order valence-electron chi connectivity index (χ0n) is 16.2. The Morgan fingerprint density at radius 3 is 2.68 bits per heavy atom. The second-order valence-electron chi connectivity index (χ2n) is 7.18. The van der Waals surface area contributed by atoms with Gasteiger partial charge in [0.2, 0.25) is 0 Å². The van der Waals surface area contributed by atoms with Gasteiger partial charge in [-0.3, -0.25) is 4.79 Å². The van der Waals surface area contributed by atoms with Gasteiger partial charge in [-0.15, -0.1) is 5.10 Å². The lowest BCUT2D eigenvalue weighted by atomic mass is 10.0. The Balaban J connectivity index is 1.65. The van der Waals surface area contributed by atoms with E-state index in [-0.39, 0.29) is 11.9 Å². The highest BCUT2D eigenvalue weighted by atomic mass is 16.5. The number of aromatic nitrogens is 4. The number of benzene rings is 1. The number of fused-ring (bicyclic) bond motifs is 1. The molecule has 0 unspecified atom stereocenters. The minimum atomic E-state index is -0.0363. The van der Waals surface area contributed by atoms with Crippen molar-refractivity contribution in [1.82, 2.24) is 29.8 Å². The van der Waals surface area contributed by atoms with Crippen LogP contribution < -0.4 is 4.74 Å². The molecule has 1 aliphatic rings. The lowest BCUT2D eigenvalue weighted by molar-refractivity contribution is 0.0571. The van der Waals surface area contributed by atoms with E-state index in [4.69, 9.17) is 4.74 Å². The Hall–Kier alpha value is -3.00. The first kappa shape index (κ1) is 18.4. The Morgan fingerprint density at radius 2 is 1.96 bits per heavy atom. The van der Waals surface area contributed by atoms with Gasteiger partial charge in [0.25, 0.3) is 5.91 Å². The van der Waals surface area contributed by atoms with Crippen molar-refractivity contribution in [3.05, 3.63) is 53.7 Å². The number of carbonyl (C=O) groups excluding carboxylic acids is 1. The maximum absolute atomic E-state index is 13.5. The van der Waals surface area contributed by atoms with Crippen LogP contribution in [0.1, 0.15) is 28.8 Å². The summed E-state index contributed by atoms with van der Waals surface area (Å²) in [4.78, 5) is 17.8. The quantitative estimate of drug-likeness (QED) is 0.673. The number of amides is 1. The number of hydrogen-bond acceptors (Lipinski definition) is 6. The number of pyridine rings is 1. The number of rotatable bonds is 5. The molecular formula is C20H24N6O2. The molecular weight excluding hydrogens is 356 g/mol. The summed E-state index contributed by atoms with van der Waals surface area (Å²) < 4.78 is 6.78. The molecule has 0 saturated carbocycles. The first-order valence-corrected chi connectivity index (χ1v) is 9.45. The highest BCUT2D eigenvalue weighted by molar-refractivity contribution is 5.99.